The number of amides is 1. The van der Waals surface area contributed by atoms with Gasteiger partial charge in [-0.15, -0.1) is 11.8 Å². The van der Waals surface area contributed by atoms with Gasteiger partial charge < -0.3 is 18.9 Å². The van der Waals surface area contributed by atoms with Crippen molar-refractivity contribution < 1.29 is 18.8 Å². The molecule has 0 spiro atoms. The molecule has 1 fully saturated rings. The third kappa shape index (κ3) is 4.25. The average molecular weight is 488 g/mol. The van der Waals surface area contributed by atoms with Crippen molar-refractivity contribution in [3.8, 4) is 11.5 Å². The van der Waals surface area contributed by atoms with Crippen molar-refractivity contribution in [2.45, 2.75) is 29.0 Å². The molecule has 0 bridgehead atoms. The van der Waals surface area contributed by atoms with E-state index in [1.807, 2.05) is 83.8 Å². The zero-order valence-electron chi connectivity index (χ0n) is 19.7. The highest BCUT2D eigenvalue weighted by Crippen LogP contribution is 2.59. The standard InChI is InChI=1S/C27H25N3O4S/c1-18-28-26(34-29-18)27(35-23-15-13-22(33-3)14-16-23)17-24(31)30(20-7-5-4-6-8-20)25(27)19-9-11-21(32-2)12-10-19/h4-16,25H,17H2,1-3H3/t25-,27-/m1/s1. The minimum atomic E-state index is -0.864. The highest BCUT2D eigenvalue weighted by Gasteiger charge is 2.58. The summed E-state index contributed by atoms with van der Waals surface area (Å²) in [4.78, 5) is 21.2. The zero-order chi connectivity index (χ0) is 24.4. The van der Waals surface area contributed by atoms with Crippen LogP contribution in [0.5, 0.6) is 11.5 Å². The van der Waals surface area contributed by atoms with Crippen LogP contribution in [0.2, 0.25) is 0 Å². The SMILES string of the molecule is COc1ccc(S[C@]2(c3nc(C)no3)CC(=O)N(c3ccccc3)[C@@H]2c2ccc(OC)cc2)cc1. The molecule has 1 aromatic heterocycles. The molecule has 0 saturated carbocycles. The lowest BCUT2D eigenvalue weighted by Gasteiger charge is -2.35. The highest BCUT2D eigenvalue weighted by molar-refractivity contribution is 8.00. The summed E-state index contributed by atoms with van der Waals surface area (Å²) in [6.07, 6.45) is 0.191. The number of carbonyl (C=O) groups is 1. The second kappa shape index (κ2) is 9.46. The van der Waals surface area contributed by atoms with Crippen LogP contribution in [0.25, 0.3) is 0 Å². The molecule has 3 aromatic carbocycles. The molecule has 1 aliphatic rings. The van der Waals surface area contributed by atoms with Crippen LogP contribution in [0.1, 0.15) is 29.7 Å². The van der Waals surface area contributed by atoms with E-state index in [1.54, 1.807) is 32.9 Å². The summed E-state index contributed by atoms with van der Waals surface area (Å²) in [6, 6.07) is 24.9. The van der Waals surface area contributed by atoms with Crippen molar-refractivity contribution in [2.75, 3.05) is 19.1 Å². The minimum absolute atomic E-state index is 0.0196. The minimum Gasteiger partial charge on any atom is -0.497 e. The third-order valence-electron chi connectivity index (χ3n) is 6.10. The van der Waals surface area contributed by atoms with E-state index in [-0.39, 0.29) is 12.3 Å². The quantitative estimate of drug-likeness (QED) is 0.338. The number of aryl methyl sites for hydroxylation is 1. The van der Waals surface area contributed by atoms with Gasteiger partial charge in [0.15, 0.2) is 5.82 Å². The third-order valence-corrected chi connectivity index (χ3v) is 7.51. The number of methoxy groups -OCH3 is 2. The molecule has 5 rings (SSSR count). The number of hydrogen-bond donors (Lipinski definition) is 0. The van der Waals surface area contributed by atoms with Gasteiger partial charge in [0.05, 0.1) is 26.7 Å². The first-order valence-corrected chi connectivity index (χ1v) is 12.0. The lowest BCUT2D eigenvalue weighted by molar-refractivity contribution is -0.117. The van der Waals surface area contributed by atoms with E-state index in [0.717, 1.165) is 27.6 Å². The number of anilines is 1. The number of aromatic nitrogens is 2. The van der Waals surface area contributed by atoms with Crippen LogP contribution in [-0.2, 0) is 9.54 Å². The monoisotopic (exact) mass is 487 g/mol. The van der Waals surface area contributed by atoms with Gasteiger partial charge in [-0.05, 0) is 61.0 Å². The van der Waals surface area contributed by atoms with Crippen molar-refractivity contribution in [1.82, 2.24) is 10.1 Å². The Morgan fingerprint density at radius 3 is 2.14 bits per heavy atom. The van der Waals surface area contributed by atoms with Gasteiger partial charge in [-0.2, -0.15) is 4.98 Å². The van der Waals surface area contributed by atoms with Gasteiger partial charge in [0.2, 0.25) is 11.8 Å². The number of benzene rings is 3. The molecule has 2 heterocycles. The summed E-state index contributed by atoms with van der Waals surface area (Å²) in [5, 5.41) is 4.08. The van der Waals surface area contributed by atoms with E-state index in [2.05, 4.69) is 10.1 Å². The van der Waals surface area contributed by atoms with Crippen LogP contribution in [0, 0.1) is 6.92 Å². The molecule has 0 aliphatic carbocycles. The number of carbonyl (C=O) groups excluding carboxylic acids is 1. The number of ether oxygens (including phenoxy) is 2. The molecule has 4 aromatic rings. The second-order valence-corrected chi connectivity index (χ2v) is 9.67. The number of hydrogen-bond acceptors (Lipinski definition) is 7. The van der Waals surface area contributed by atoms with Crippen LogP contribution in [0.4, 0.5) is 5.69 Å². The Hall–Kier alpha value is -3.78. The van der Waals surface area contributed by atoms with Crippen molar-refractivity contribution >= 4 is 23.4 Å². The maximum absolute atomic E-state index is 13.7. The van der Waals surface area contributed by atoms with Crippen LogP contribution in [-0.4, -0.2) is 30.3 Å². The van der Waals surface area contributed by atoms with E-state index >= 15 is 0 Å². The fraction of sp³-hybridized carbons (Fsp3) is 0.222. The molecule has 35 heavy (non-hydrogen) atoms. The lowest BCUT2D eigenvalue weighted by Crippen LogP contribution is -2.34. The van der Waals surface area contributed by atoms with Crippen molar-refractivity contribution in [3.63, 3.8) is 0 Å². The average Bonchev–Trinajstić information content (AvgIpc) is 3.46. The maximum atomic E-state index is 13.7. The molecule has 0 radical (unpaired) electrons. The Balaban J connectivity index is 1.70. The fourth-order valence-electron chi connectivity index (χ4n) is 4.50. The van der Waals surface area contributed by atoms with Crippen LogP contribution >= 0.6 is 11.8 Å². The van der Waals surface area contributed by atoms with E-state index < -0.39 is 10.8 Å². The molecule has 178 valence electrons. The molecule has 1 amide bonds. The van der Waals surface area contributed by atoms with E-state index in [4.69, 9.17) is 14.0 Å². The number of thioether (sulfide) groups is 1. The summed E-state index contributed by atoms with van der Waals surface area (Å²) in [7, 11) is 3.27. The van der Waals surface area contributed by atoms with Gasteiger partial charge in [0.25, 0.3) is 0 Å². The molecule has 0 unspecified atom stereocenters. The molecule has 7 nitrogen and oxygen atoms in total. The van der Waals surface area contributed by atoms with Crippen molar-refractivity contribution in [3.05, 3.63) is 96.1 Å². The Morgan fingerprint density at radius 1 is 0.943 bits per heavy atom. The Bertz CT molecular complexity index is 1310. The summed E-state index contributed by atoms with van der Waals surface area (Å²) in [5.41, 5.74) is 1.75. The topological polar surface area (TPSA) is 77.7 Å². The molecule has 8 heteroatoms. The fourth-order valence-corrected chi connectivity index (χ4v) is 5.91. The highest BCUT2D eigenvalue weighted by atomic mass is 32.2. The molecule has 2 atom stereocenters. The number of para-hydroxylation sites is 1. The Labute approximate surface area is 208 Å². The van der Waals surface area contributed by atoms with E-state index in [1.165, 1.54) is 0 Å². The molecule has 1 saturated heterocycles. The van der Waals surface area contributed by atoms with Crippen LogP contribution < -0.4 is 14.4 Å². The molecule has 0 N–H and O–H groups in total. The van der Waals surface area contributed by atoms with Gasteiger partial charge in [-0.3, -0.25) is 4.79 Å². The molecular formula is C27H25N3O4S. The van der Waals surface area contributed by atoms with Gasteiger partial charge in [-0.1, -0.05) is 35.5 Å². The summed E-state index contributed by atoms with van der Waals surface area (Å²) < 4.78 is 15.6. The second-order valence-electron chi connectivity index (χ2n) is 8.27. The molecular weight excluding hydrogens is 462 g/mol. The Morgan fingerprint density at radius 2 is 1.57 bits per heavy atom. The van der Waals surface area contributed by atoms with E-state index in [0.29, 0.717) is 11.7 Å². The predicted molar refractivity (Wildman–Crippen MR) is 134 cm³/mol. The van der Waals surface area contributed by atoms with Crippen LogP contribution in [0.3, 0.4) is 0 Å². The van der Waals surface area contributed by atoms with E-state index in [9.17, 15) is 4.79 Å². The van der Waals surface area contributed by atoms with Gasteiger partial charge in [-0.25, -0.2) is 0 Å². The molecule has 1 aliphatic heterocycles. The number of rotatable bonds is 7. The number of nitrogens with zero attached hydrogens (tertiary/aromatic N) is 3. The zero-order valence-corrected chi connectivity index (χ0v) is 20.5. The summed E-state index contributed by atoms with van der Waals surface area (Å²) in [5.74, 6) is 2.43. The predicted octanol–water partition coefficient (Wildman–Crippen LogP) is 5.56. The normalized spacial score (nSPS) is 19.7. The van der Waals surface area contributed by atoms with Gasteiger partial charge in [0, 0.05) is 10.6 Å². The maximum Gasteiger partial charge on any atom is 0.246 e. The van der Waals surface area contributed by atoms with Crippen molar-refractivity contribution in [2.24, 2.45) is 0 Å². The summed E-state index contributed by atoms with van der Waals surface area (Å²) in [6.45, 7) is 1.78. The van der Waals surface area contributed by atoms with Gasteiger partial charge >= 0.3 is 0 Å². The van der Waals surface area contributed by atoms with Gasteiger partial charge in [0.1, 0.15) is 16.2 Å². The first-order chi connectivity index (χ1) is 17.0. The van der Waals surface area contributed by atoms with Crippen molar-refractivity contribution in [1.29, 1.82) is 0 Å². The largest absolute Gasteiger partial charge is 0.497 e. The summed E-state index contributed by atoms with van der Waals surface area (Å²) >= 11 is 1.55. The first-order valence-electron chi connectivity index (χ1n) is 11.2. The van der Waals surface area contributed by atoms with Crippen LogP contribution in [0.15, 0.2) is 88.3 Å². The lowest BCUT2D eigenvalue weighted by atomic mass is 9.92. The smallest absolute Gasteiger partial charge is 0.246 e. The Kier molecular flexibility index (Phi) is 6.21. The first kappa shape index (κ1) is 23.0.